The molecule has 0 saturated carbocycles. The lowest BCUT2D eigenvalue weighted by Crippen LogP contribution is -2.25. The fourth-order valence-electron chi connectivity index (χ4n) is 2.60. The number of aryl methyl sites for hydroxylation is 1. The van der Waals surface area contributed by atoms with E-state index in [1.54, 1.807) is 0 Å². The van der Waals surface area contributed by atoms with Gasteiger partial charge in [-0.05, 0) is 42.7 Å². The van der Waals surface area contributed by atoms with Crippen molar-refractivity contribution < 1.29 is 14.3 Å². The molecule has 0 aliphatic carbocycles. The van der Waals surface area contributed by atoms with Crippen molar-refractivity contribution in [3.05, 3.63) is 59.4 Å². The first-order valence-corrected chi connectivity index (χ1v) is 9.20. The minimum Gasteiger partial charge on any atom is -0.493 e. The summed E-state index contributed by atoms with van der Waals surface area (Å²) < 4.78 is 5.77. The molecule has 1 aliphatic rings. The van der Waals surface area contributed by atoms with E-state index < -0.39 is 0 Å². The molecule has 1 atom stereocenters. The third-order valence-corrected chi connectivity index (χ3v) is 4.95. The predicted octanol–water partition coefficient (Wildman–Crippen LogP) is 3.16. The second-order valence-electron chi connectivity index (χ2n) is 5.80. The first-order chi connectivity index (χ1) is 12.1. The third kappa shape index (κ3) is 4.82. The Morgan fingerprint density at radius 3 is 2.56 bits per heavy atom. The molecule has 2 aromatic rings. The van der Waals surface area contributed by atoms with Gasteiger partial charge in [-0.25, -0.2) is 0 Å². The summed E-state index contributed by atoms with van der Waals surface area (Å²) in [5, 5.41) is 1.70. The number of thioether (sulfide) groups is 1. The number of rotatable bonds is 7. The molecule has 1 aromatic carbocycles. The van der Waals surface area contributed by atoms with Gasteiger partial charge in [-0.3, -0.25) is 19.9 Å². The van der Waals surface area contributed by atoms with Gasteiger partial charge in [-0.15, -0.1) is 0 Å². The lowest BCUT2D eigenvalue weighted by atomic mass is 10.1. The molecular weight excluding hydrogens is 336 g/mol. The summed E-state index contributed by atoms with van der Waals surface area (Å²) in [6.07, 6.45) is 2.23. The number of hydrogen-bond acceptors (Lipinski definition) is 5. The van der Waals surface area contributed by atoms with Crippen LogP contribution in [0, 0.1) is 0 Å². The standard InChI is InChI=1S/C19H20N2O3S/c1-2-14-4-3-5-15(20-14)10-11-24-16-8-6-13(7-9-16)12-17-18(22)21-19(23)25-17/h3-9,17H,2,10-12H2,1H3,(H,21,22,23). The lowest BCUT2D eigenvalue weighted by molar-refractivity contribution is -0.118. The van der Waals surface area contributed by atoms with Crippen LogP contribution >= 0.6 is 11.8 Å². The van der Waals surface area contributed by atoms with Gasteiger partial charge in [0.25, 0.3) is 5.24 Å². The highest BCUT2D eigenvalue weighted by atomic mass is 32.2. The number of hydrogen-bond donors (Lipinski definition) is 1. The zero-order valence-corrected chi connectivity index (χ0v) is 14.8. The van der Waals surface area contributed by atoms with Gasteiger partial charge in [-0.2, -0.15) is 0 Å². The minimum absolute atomic E-state index is 0.211. The number of benzene rings is 1. The zero-order chi connectivity index (χ0) is 17.6. The number of amides is 2. The van der Waals surface area contributed by atoms with Gasteiger partial charge in [0, 0.05) is 17.8 Å². The van der Waals surface area contributed by atoms with Gasteiger partial charge in [0.15, 0.2) is 0 Å². The van der Waals surface area contributed by atoms with E-state index in [1.807, 2.05) is 42.5 Å². The van der Waals surface area contributed by atoms with Crippen LogP contribution in [-0.4, -0.2) is 28.0 Å². The van der Waals surface area contributed by atoms with E-state index in [2.05, 4.69) is 17.2 Å². The minimum atomic E-state index is -0.337. The molecule has 5 nitrogen and oxygen atoms in total. The topological polar surface area (TPSA) is 68.3 Å². The SMILES string of the molecule is CCc1cccc(CCOc2ccc(CC3SC(=O)NC3=O)cc2)n1. The number of aromatic nitrogens is 1. The molecule has 1 N–H and O–H groups in total. The Balaban J connectivity index is 1.49. The number of carbonyl (C=O) groups excluding carboxylic acids is 2. The molecule has 1 unspecified atom stereocenters. The molecule has 0 radical (unpaired) electrons. The maximum atomic E-state index is 11.6. The first-order valence-electron chi connectivity index (χ1n) is 8.32. The van der Waals surface area contributed by atoms with Crippen molar-refractivity contribution in [3.63, 3.8) is 0 Å². The number of pyridine rings is 1. The molecule has 3 rings (SSSR count). The highest BCUT2D eigenvalue weighted by molar-refractivity contribution is 8.15. The third-order valence-electron chi connectivity index (χ3n) is 3.97. The Kier molecular flexibility index (Phi) is 5.71. The van der Waals surface area contributed by atoms with Crippen molar-refractivity contribution in [2.45, 2.75) is 31.4 Å². The molecule has 0 spiro atoms. The summed E-state index contributed by atoms with van der Waals surface area (Å²) in [6.45, 7) is 2.66. The van der Waals surface area contributed by atoms with Crippen LogP contribution in [0.5, 0.6) is 5.75 Å². The molecule has 1 fully saturated rings. The van der Waals surface area contributed by atoms with E-state index in [-0.39, 0.29) is 16.4 Å². The average molecular weight is 356 g/mol. The Morgan fingerprint density at radius 2 is 1.88 bits per heavy atom. The normalized spacial score (nSPS) is 16.8. The van der Waals surface area contributed by atoms with Crippen LogP contribution in [0.2, 0.25) is 0 Å². The number of nitrogens with one attached hydrogen (secondary N) is 1. The van der Waals surface area contributed by atoms with E-state index in [0.717, 1.165) is 47.3 Å². The van der Waals surface area contributed by atoms with E-state index >= 15 is 0 Å². The average Bonchev–Trinajstić information content (AvgIpc) is 2.94. The monoisotopic (exact) mass is 356 g/mol. The second-order valence-corrected chi connectivity index (χ2v) is 6.98. The Hall–Kier alpha value is -2.34. The molecule has 6 heteroatoms. The first kappa shape index (κ1) is 17.5. The largest absolute Gasteiger partial charge is 0.493 e. The highest BCUT2D eigenvalue weighted by Gasteiger charge is 2.31. The number of ether oxygens (including phenoxy) is 1. The van der Waals surface area contributed by atoms with Crippen molar-refractivity contribution in [2.24, 2.45) is 0 Å². The molecule has 25 heavy (non-hydrogen) atoms. The Bertz CT molecular complexity index is 762. The van der Waals surface area contributed by atoms with E-state index in [9.17, 15) is 9.59 Å². The van der Waals surface area contributed by atoms with Crippen molar-refractivity contribution in [2.75, 3.05) is 6.61 Å². The summed E-state index contributed by atoms with van der Waals surface area (Å²) in [5.41, 5.74) is 3.13. The van der Waals surface area contributed by atoms with Crippen LogP contribution in [0.3, 0.4) is 0 Å². The summed E-state index contributed by atoms with van der Waals surface area (Å²) in [5.74, 6) is 0.576. The van der Waals surface area contributed by atoms with E-state index in [4.69, 9.17) is 4.74 Å². The number of carbonyl (C=O) groups is 2. The smallest absolute Gasteiger partial charge is 0.286 e. The zero-order valence-electron chi connectivity index (χ0n) is 14.0. The van der Waals surface area contributed by atoms with Crippen molar-refractivity contribution >= 4 is 22.9 Å². The molecule has 2 heterocycles. The van der Waals surface area contributed by atoms with E-state index in [1.165, 1.54) is 0 Å². The van der Waals surface area contributed by atoms with Gasteiger partial charge in [0.05, 0.1) is 11.9 Å². The summed E-state index contributed by atoms with van der Waals surface area (Å²) in [6, 6.07) is 13.7. The van der Waals surface area contributed by atoms with E-state index in [0.29, 0.717) is 13.0 Å². The fraction of sp³-hybridized carbons (Fsp3) is 0.316. The van der Waals surface area contributed by atoms with Gasteiger partial charge >= 0.3 is 0 Å². The van der Waals surface area contributed by atoms with Gasteiger partial charge in [0.1, 0.15) is 5.75 Å². The lowest BCUT2D eigenvalue weighted by Gasteiger charge is -2.09. The maximum Gasteiger partial charge on any atom is 0.286 e. The maximum absolute atomic E-state index is 11.6. The van der Waals surface area contributed by atoms with Gasteiger partial charge in [-0.1, -0.05) is 36.9 Å². The Labute approximate surface area is 151 Å². The van der Waals surface area contributed by atoms with Crippen LogP contribution in [0.15, 0.2) is 42.5 Å². The van der Waals surface area contributed by atoms with Crippen molar-refractivity contribution in [1.29, 1.82) is 0 Å². The molecular formula is C19H20N2O3S. The van der Waals surface area contributed by atoms with Gasteiger partial charge in [0.2, 0.25) is 5.91 Å². The Morgan fingerprint density at radius 1 is 1.12 bits per heavy atom. The molecule has 1 aliphatic heterocycles. The van der Waals surface area contributed by atoms with Crippen LogP contribution < -0.4 is 10.1 Å². The van der Waals surface area contributed by atoms with Crippen LogP contribution in [0.4, 0.5) is 4.79 Å². The van der Waals surface area contributed by atoms with Gasteiger partial charge < -0.3 is 4.74 Å². The quantitative estimate of drug-likeness (QED) is 0.825. The summed E-state index contributed by atoms with van der Waals surface area (Å²) in [4.78, 5) is 27.3. The number of imide groups is 1. The predicted molar refractivity (Wildman–Crippen MR) is 97.9 cm³/mol. The van der Waals surface area contributed by atoms with Crippen molar-refractivity contribution in [1.82, 2.24) is 10.3 Å². The molecule has 0 bridgehead atoms. The molecule has 1 saturated heterocycles. The second kappa shape index (κ2) is 8.16. The van der Waals surface area contributed by atoms with Crippen molar-refractivity contribution in [3.8, 4) is 5.75 Å². The van der Waals surface area contributed by atoms with Crippen LogP contribution in [0.1, 0.15) is 23.9 Å². The number of nitrogens with zero attached hydrogens (tertiary/aromatic N) is 1. The molecule has 2 amide bonds. The summed E-state index contributed by atoms with van der Waals surface area (Å²) in [7, 11) is 0. The molecule has 130 valence electrons. The molecule has 1 aromatic heterocycles. The van der Waals surface area contributed by atoms with Crippen LogP contribution in [0.25, 0.3) is 0 Å². The van der Waals surface area contributed by atoms with Crippen LogP contribution in [-0.2, 0) is 24.1 Å². The highest BCUT2D eigenvalue weighted by Crippen LogP contribution is 2.23. The summed E-state index contributed by atoms with van der Waals surface area (Å²) >= 11 is 1.05. The fourth-order valence-corrected chi connectivity index (χ4v) is 3.46.